The van der Waals surface area contributed by atoms with Crippen LogP contribution in [0, 0.1) is 6.92 Å². The third kappa shape index (κ3) is 10.5. The summed E-state index contributed by atoms with van der Waals surface area (Å²) in [7, 11) is 1.82. The summed E-state index contributed by atoms with van der Waals surface area (Å²) in [5, 5.41) is 0. The molecular formula is C15H31O. The fourth-order valence-electron chi connectivity index (χ4n) is 2.11. The largest absolute Gasteiger partial charge is 0.381 e. The summed E-state index contributed by atoms with van der Waals surface area (Å²) in [4.78, 5) is 0. The summed E-state index contributed by atoms with van der Waals surface area (Å²) >= 11 is 0. The fourth-order valence-corrected chi connectivity index (χ4v) is 2.11. The average Bonchev–Trinajstić information content (AvgIpc) is 2.31. The molecule has 0 spiro atoms. The van der Waals surface area contributed by atoms with Gasteiger partial charge in [-0.15, -0.1) is 0 Å². The number of hydrogen-bond acceptors (Lipinski definition) is 1. The van der Waals surface area contributed by atoms with Gasteiger partial charge in [0.2, 0.25) is 0 Å². The van der Waals surface area contributed by atoms with Crippen molar-refractivity contribution >= 4 is 0 Å². The topological polar surface area (TPSA) is 9.23 Å². The molecule has 0 aromatic carbocycles. The van der Waals surface area contributed by atoms with E-state index in [0.717, 1.165) is 12.8 Å². The Balaban J connectivity index is 3.12. The summed E-state index contributed by atoms with van der Waals surface area (Å²) in [6.07, 6.45) is 14.9. The first-order chi connectivity index (χ1) is 7.85. The van der Waals surface area contributed by atoms with Gasteiger partial charge >= 0.3 is 0 Å². The van der Waals surface area contributed by atoms with E-state index in [1.165, 1.54) is 57.8 Å². The highest BCUT2D eigenvalue weighted by molar-refractivity contribution is 4.59. The SMILES string of the molecule is [CH2]CCC(CCCCCCCCCC)OC. The van der Waals surface area contributed by atoms with Gasteiger partial charge in [0.25, 0.3) is 0 Å². The molecular weight excluding hydrogens is 196 g/mol. The highest BCUT2D eigenvalue weighted by atomic mass is 16.5. The van der Waals surface area contributed by atoms with Gasteiger partial charge in [0.1, 0.15) is 0 Å². The van der Waals surface area contributed by atoms with Crippen LogP contribution in [0.2, 0.25) is 0 Å². The Morgan fingerprint density at radius 2 is 1.44 bits per heavy atom. The van der Waals surface area contributed by atoms with E-state index < -0.39 is 0 Å². The molecule has 0 N–H and O–H groups in total. The van der Waals surface area contributed by atoms with Crippen molar-refractivity contribution in [1.82, 2.24) is 0 Å². The zero-order valence-corrected chi connectivity index (χ0v) is 11.5. The van der Waals surface area contributed by atoms with Crippen LogP contribution in [0.5, 0.6) is 0 Å². The summed E-state index contributed by atoms with van der Waals surface area (Å²) in [6, 6.07) is 0. The Bertz CT molecular complexity index is 123. The third-order valence-corrected chi connectivity index (χ3v) is 3.24. The highest BCUT2D eigenvalue weighted by Gasteiger charge is 2.04. The standard InChI is InChI=1S/C15H31O/c1-4-6-7-8-9-10-11-12-14-15(16-3)13-5-2/h15H,2,4-14H2,1,3H3. The second-order valence-electron chi connectivity index (χ2n) is 4.76. The lowest BCUT2D eigenvalue weighted by Gasteiger charge is -2.13. The van der Waals surface area contributed by atoms with E-state index in [9.17, 15) is 0 Å². The Hall–Kier alpha value is -0.0400. The van der Waals surface area contributed by atoms with Gasteiger partial charge in [-0.2, -0.15) is 0 Å². The number of rotatable bonds is 12. The molecule has 1 atom stereocenters. The highest BCUT2D eigenvalue weighted by Crippen LogP contribution is 2.13. The molecule has 1 unspecified atom stereocenters. The molecule has 1 nitrogen and oxygen atoms in total. The first-order valence-corrected chi connectivity index (χ1v) is 7.17. The Morgan fingerprint density at radius 1 is 0.875 bits per heavy atom. The molecule has 0 amide bonds. The van der Waals surface area contributed by atoms with Crippen LogP contribution in [0.3, 0.4) is 0 Å². The lowest BCUT2D eigenvalue weighted by molar-refractivity contribution is 0.0862. The van der Waals surface area contributed by atoms with Crippen LogP contribution in [0.15, 0.2) is 0 Å². The van der Waals surface area contributed by atoms with Gasteiger partial charge in [-0.3, -0.25) is 0 Å². The zero-order chi connectivity index (χ0) is 12.1. The van der Waals surface area contributed by atoms with Gasteiger partial charge in [-0.1, -0.05) is 71.6 Å². The van der Waals surface area contributed by atoms with E-state index >= 15 is 0 Å². The predicted octanol–water partition coefficient (Wildman–Crippen LogP) is 5.15. The first kappa shape index (κ1) is 16.0. The molecule has 0 fully saturated rings. The van der Waals surface area contributed by atoms with Crippen molar-refractivity contribution in [2.75, 3.05) is 7.11 Å². The van der Waals surface area contributed by atoms with Gasteiger partial charge in [-0.05, 0) is 12.8 Å². The summed E-state index contributed by atoms with van der Waals surface area (Å²) in [5.74, 6) is 0. The van der Waals surface area contributed by atoms with E-state index in [2.05, 4.69) is 13.8 Å². The van der Waals surface area contributed by atoms with Crippen LogP contribution in [-0.4, -0.2) is 13.2 Å². The quantitative estimate of drug-likeness (QED) is 0.419. The Labute approximate surface area is 103 Å². The van der Waals surface area contributed by atoms with E-state index in [4.69, 9.17) is 4.74 Å². The Kier molecular flexibility index (Phi) is 13.0. The molecule has 0 aliphatic heterocycles. The van der Waals surface area contributed by atoms with Crippen molar-refractivity contribution in [3.63, 3.8) is 0 Å². The van der Waals surface area contributed by atoms with Crippen LogP contribution in [0.1, 0.15) is 77.6 Å². The van der Waals surface area contributed by atoms with E-state index in [1.807, 2.05) is 7.11 Å². The van der Waals surface area contributed by atoms with Crippen molar-refractivity contribution in [2.24, 2.45) is 0 Å². The molecule has 1 radical (unpaired) electrons. The summed E-state index contributed by atoms with van der Waals surface area (Å²) in [5.41, 5.74) is 0. The maximum Gasteiger partial charge on any atom is 0.0571 e. The second kappa shape index (κ2) is 13.0. The van der Waals surface area contributed by atoms with Crippen molar-refractivity contribution in [1.29, 1.82) is 0 Å². The smallest absolute Gasteiger partial charge is 0.0571 e. The van der Waals surface area contributed by atoms with Crippen molar-refractivity contribution in [3.05, 3.63) is 6.92 Å². The molecule has 0 rings (SSSR count). The molecule has 0 aromatic rings. The normalized spacial score (nSPS) is 12.9. The Morgan fingerprint density at radius 3 is 1.94 bits per heavy atom. The van der Waals surface area contributed by atoms with E-state index in [-0.39, 0.29) is 0 Å². The maximum atomic E-state index is 5.41. The van der Waals surface area contributed by atoms with Gasteiger partial charge in [-0.25, -0.2) is 0 Å². The maximum absolute atomic E-state index is 5.41. The van der Waals surface area contributed by atoms with Crippen molar-refractivity contribution in [3.8, 4) is 0 Å². The van der Waals surface area contributed by atoms with E-state index in [0.29, 0.717) is 6.10 Å². The molecule has 0 aliphatic carbocycles. The monoisotopic (exact) mass is 227 g/mol. The molecule has 0 aromatic heterocycles. The van der Waals surface area contributed by atoms with Crippen LogP contribution in [0.25, 0.3) is 0 Å². The minimum Gasteiger partial charge on any atom is -0.381 e. The fraction of sp³-hybridized carbons (Fsp3) is 0.933. The van der Waals surface area contributed by atoms with Gasteiger partial charge in [0.05, 0.1) is 6.10 Å². The number of methoxy groups -OCH3 is 1. The lowest BCUT2D eigenvalue weighted by Crippen LogP contribution is -2.09. The third-order valence-electron chi connectivity index (χ3n) is 3.24. The molecule has 0 saturated carbocycles. The molecule has 0 bridgehead atoms. The van der Waals surface area contributed by atoms with Crippen LogP contribution in [-0.2, 0) is 4.74 Å². The van der Waals surface area contributed by atoms with E-state index in [1.54, 1.807) is 0 Å². The lowest BCUT2D eigenvalue weighted by atomic mass is 10.0. The molecule has 0 saturated heterocycles. The van der Waals surface area contributed by atoms with Crippen molar-refractivity contribution < 1.29 is 4.74 Å². The van der Waals surface area contributed by atoms with Crippen LogP contribution < -0.4 is 0 Å². The molecule has 1 heteroatoms. The minimum absolute atomic E-state index is 0.456. The van der Waals surface area contributed by atoms with Gasteiger partial charge < -0.3 is 4.74 Å². The minimum atomic E-state index is 0.456. The number of hydrogen-bond donors (Lipinski definition) is 0. The number of ether oxygens (including phenoxy) is 1. The predicted molar refractivity (Wildman–Crippen MR) is 72.6 cm³/mol. The summed E-state index contributed by atoms with van der Waals surface area (Å²) in [6.45, 7) is 6.15. The molecule has 0 aliphatic rings. The second-order valence-corrected chi connectivity index (χ2v) is 4.76. The van der Waals surface area contributed by atoms with Gasteiger partial charge in [0.15, 0.2) is 0 Å². The summed E-state index contributed by atoms with van der Waals surface area (Å²) < 4.78 is 5.41. The zero-order valence-electron chi connectivity index (χ0n) is 11.5. The first-order valence-electron chi connectivity index (χ1n) is 7.17. The van der Waals surface area contributed by atoms with Crippen molar-refractivity contribution in [2.45, 2.75) is 83.7 Å². The van der Waals surface area contributed by atoms with Crippen LogP contribution in [0.4, 0.5) is 0 Å². The molecule has 0 heterocycles. The average molecular weight is 227 g/mol. The molecule has 16 heavy (non-hydrogen) atoms. The number of unbranched alkanes of at least 4 members (excludes halogenated alkanes) is 7. The molecule has 97 valence electrons. The van der Waals surface area contributed by atoms with Gasteiger partial charge in [0, 0.05) is 7.11 Å². The van der Waals surface area contributed by atoms with Crippen LogP contribution >= 0.6 is 0 Å².